The van der Waals surface area contributed by atoms with Gasteiger partial charge in [-0.15, -0.1) is 11.3 Å². The lowest BCUT2D eigenvalue weighted by Crippen LogP contribution is -2.32. The van der Waals surface area contributed by atoms with Crippen molar-refractivity contribution in [1.82, 2.24) is 0 Å². The van der Waals surface area contributed by atoms with E-state index in [1.807, 2.05) is 11.3 Å². The molecule has 0 radical (unpaired) electrons. The highest BCUT2D eigenvalue weighted by atomic mass is 32.1. The molecule has 3 heteroatoms. The molecule has 0 atom stereocenters. The van der Waals surface area contributed by atoms with Crippen molar-refractivity contribution in [1.29, 1.82) is 0 Å². The molecule has 2 aliphatic rings. The van der Waals surface area contributed by atoms with Gasteiger partial charge >= 0.3 is 0 Å². The molecule has 0 unspecified atom stereocenters. The van der Waals surface area contributed by atoms with Gasteiger partial charge < -0.3 is 9.64 Å². The van der Waals surface area contributed by atoms with Gasteiger partial charge in [-0.1, -0.05) is 200 Å². The summed E-state index contributed by atoms with van der Waals surface area (Å²) in [6.07, 6.45) is 0. The van der Waals surface area contributed by atoms with Crippen molar-refractivity contribution in [2.45, 2.75) is 5.41 Å². The number of thiophene rings is 1. The summed E-state index contributed by atoms with van der Waals surface area (Å²) in [6.45, 7) is 0. The Morgan fingerprint density at radius 3 is 1.39 bits per heavy atom. The highest BCUT2D eigenvalue weighted by molar-refractivity contribution is 7.25. The Hall–Kier alpha value is -9.02. The van der Waals surface area contributed by atoms with Gasteiger partial charge in [0.1, 0.15) is 11.5 Å². The molecule has 12 aromatic carbocycles. The van der Waals surface area contributed by atoms with E-state index in [1.54, 1.807) is 0 Å². The molecule has 13 aromatic rings. The van der Waals surface area contributed by atoms with Crippen LogP contribution in [0.15, 0.2) is 261 Å². The molecule has 0 bridgehead atoms. The van der Waals surface area contributed by atoms with Gasteiger partial charge in [-0.05, 0) is 127 Å². The van der Waals surface area contributed by atoms with Crippen LogP contribution in [0.1, 0.15) is 22.3 Å². The summed E-state index contributed by atoms with van der Waals surface area (Å²) in [7, 11) is 0. The molecule has 0 N–H and O–H groups in total. The zero-order chi connectivity index (χ0) is 47.3. The van der Waals surface area contributed by atoms with Crippen molar-refractivity contribution in [3.8, 4) is 56.0 Å². The first-order valence-corrected chi connectivity index (χ1v) is 25.5. The van der Waals surface area contributed by atoms with Crippen molar-refractivity contribution in [3.05, 3.63) is 283 Å². The van der Waals surface area contributed by atoms with Gasteiger partial charge in [0.05, 0.1) is 5.41 Å². The zero-order valence-electron chi connectivity index (χ0n) is 39.1. The second-order valence-electron chi connectivity index (χ2n) is 19.1. The fraction of sp³-hybridized carbons (Fsp3) is 0.0145. The molecule has 0 saturated carbocycles. The molecule has 336 valence electrons. The summed E-state index contributed by atoms with van der Waals surface area (Å²) in [5.41, 5.74) is 17.2. The first kappa shape index (κ1) is 40.8. The van der Waals surface area contributed by atoms with Crippen LogP contribution < -0.4 is 9.64 Å². The molecular formula is C69H43NOS. The highest BCUT2D eigenvalue weighted by Crippen LogP contribution is 2.64. The lowest BCUT2D eigenvalue weighted by atomic mass is 9.65. The van der Waals surface area contributed by atoms with E-state index < -0.39 is 5.41 Å². The van der Waals surface area contributed by atoms with Crippen LogP contribution in [0.3, 0.4) is 0 Å². The Morgan fingerprint density at radius 1 is 0.292 bits per heavy atom. The van der Waals surface area contributed by atoms with Crippen molar-refractivity contribution < 1.29 is 4.74 Å². The summed E-state index contributed by atoms with van der Waals surface area (Å²) in [5, 5.41) is 7.19. The molecule has 1 aliphatic carbocycles. The summed E-state index contributed by atoms with van der Waals surface area (Å²) in [6, 6.07) is 95.9. The molecule has 2 heterocycles. The normalized spacial score (nSPS) is 12.9. The second-order valence-corrected chi connectivity index (χ2v) is 20.2. The minimum absolute atomic E-state index is 0.614. The van der Waals surface area contributed by atoms with E-state index in [4.69, 9.17) is 4.74 Å². The second kappa shape index (κ2) is 16.0. The molecule has 2 nitrogen and oxygen atoms in total. The number of rotatable bonds is 6. The Bertz CT molecular complexity index is 4200. The van der Waals surface area contributed by atoms with Crippen LogP contribution >= 0.6 is 11.3 Å². The van der Waals surface area contributed by atoms with Crippen LogP contribution in [0.2, 0.25) is 0 Å². The van der Waals surface area contributed by atoms with Crippen LogP contribution in [-0.2, 0) is 5.41 Å². The SMILES string of the molecule is c1ccc(-c2ccc(N(c3ccc(-c4ccc5c(c4)C4(c6ccccc6-5)c5ccc6ccccc6c5Oc5c4ccc4ccccc54)cc3)c3ccc(-c4ccc5sc6ccccc6c5c4)cc3)cc2)cc1. The summed E-state index contributed by atoms with van der Waals surface area (Å²) >= 11 is 1.86. The van der Waals surface area contributed by atoms with E-state index in [0.29, 0.717) is 0 Å². The summed E-state index contributed by atoms with van der Waals surface area (Å²) < 4.78 is 9.86. The zero-order valence-corrected chi connectivity index (χ0v) is 39.9. The van der Waals surface area contributed by atoms with E-state index >= 15 is 0 Å². The number of nitrogens with zero attached hydrogens (tertiary/aromatic N) is 1. The first-order valence-electron chi connectivity index (χ1n) is 24.7. The van der Waals surface area contributed by atoms with Crippen LogP contribution in [0.25, 0.3) is 86.2 Å². The number of anilines is 3. The van der Waals surface area contributed by atoms with E-state index in [-0.39, 0.29) is 0 Å². The molecule has 0 fully saturated rings. The number of benzene rings is 12. The third-order valence-electron chi connectivity index (χ3n) is 15.3. The summed E-state index contributed by atoms with van der Waals surface area (Å²) in [5.74, 6) is 1.85. The predicted octanol–water partition coefficient (Wildman–Crippen LogP) is 19.3. The van der Waals surface area contributed by atoms with Crippen molar-refractivity contribution in [3.63, 3.8) is 0 Å². The molecule has 1 aromatic heterocycles. The minimum atomic E-state index is -0.614. The van der Waals surface area contributed by atoms with E-state index in [0.717, 1.165) is 55.7 Å². The van der Waals surface area contributed by atoms with Gasteiger partial charge in [-0.2, -0.15) is 0 Å². The fourth-order valence-corrected chi connectivity index (χ4v) is 13.1. The standard InChI is InChI=1S/C69H43NOS/c1-2-12-44(13-3-1)45-22-32-52(33-23-45)70(53-34-24-46(25-35-53)50-31-41-66-60(42-50)59-19-9-11-21-65(59)72-66)54-36-26-47(27-37-54)51-28-38-58-57-18-8-10-20-61(57)69(64(58)43-51)62-39-29-48-14-4-6-16-55(48)67(62)71-68-56-17-7-5-15-49(56)30-40-63(68)69/h1-43H. The number of hydrogen-bond donors (Lipinski definition) is 0. The first-order chi connectivity index (χ1) is 35.7. The largest absolute Gasteiger partial charge is 0.455 e. The maximum Gasteiger partial charge on any atom is 0.140 e. The third kappa shape index (κ3) is 6.14. The number of hydrogen-bond acceptors (Lipinski definition) is 3. The van der Waals surface area contributed by atoms with Gasteiger partial charge in [0.2, 0.25) is 0 Å². The average Bonchev–Trinajstić information content (AvgIpc) is 3.97. The highest BCUT2D eigenvalue weighted by Gasteiger charge is 2.52. The maximum absolute atomic E-state index is 7.22. The van der Waals surface area contributed by atoms with Crippen LogP contribution in [0.5, 0.6) is 11.5 Å². The van der Waals surface area contributed by atoms with Crippen LogP contribution in [0, 0.1) is 0 Å². The molecular weight excluding hydrogens is 891 g/mol. The number of ether oxygens (including phenoxy) is 1. The molecule has 1 spiro atoms. The smallest absolute Gasteiger partial charge is 0.140 e. The number of fused-ring (bicyclic) bond motifs is 16. The topological polar surface area (TPSA) is 12.5 Å². The molecule has 0 amide bonds. The van der Waals surface area contributed by atoms with E-state index in [9.17, 15) is 0 Å². The van der Waals surface area contributed by atoms with Crippen molar-refractivity contribution in [2.75, 3.05) is 4.90 Å². The van der Waals surface area contributed by atoms with E-state index in [1.165, 1.54) is 81.4 Å². The molecule has 1 aliphatic heterocycles. The van der Waals surface area contributed by atoms with Crippen LogP contribution in [-0.4, -0.2) is 0 Å². The van der Waals surface area contributed by atoms with Crippen molar-refractivity contribution >= 4 is 70.1 Å². The Kier molecular flexibility index (Phi) is 9.08. The van der Waals surface area contributed by atoms with Crippen molar-refractivity contribution in [2.24, 2.45) is 0 Å². The predicted molar refractivity (Wildman–Crippen MR) is 303 cm³/mol. The fourth-order valence-electron chi connectivity index (χ4n) is 12.0. The summed E-state index contributed by atoms with van der Waals surface area (Å²) in [4.78, 5) is 2.37. The minimum Gasteiger partial charge on any atom is -0.455 e. The Balaban J connectivity index is 0.857. The third-order valence-corrected chi connectivity index (χ3v) is 16.5. The quantitative estimate of drug-likeness (QED) is 0.165. The Morgan fingerprint density at radius 2 is 0.750 bits per heavy atom. The molecule has 15 rings (SSSR count). The monoisotopic (exact) mass is 933 g/mol. The van der Waals surface area contributed by atoms with Gasteiger partial charge in [-0.25, -0.2) is 0 Å². The lowest BCUT2D eigenvalue weighted by Gasteiger charge is -2.40. The van der Waals surface area contributed by atoms with Gasteiger partial charge in [0.15, 0.2) is 0 Å². The molecule has 0 saturated heterocycles. The van der Waals surface area contributed by atoms with E-state index in [2.05, 4.69) is 266 Å². The maximum atomic E-state index is 7.22. The van der Waals surface area contributed by atoms with Crippen LogP contribution in [0.4, 0.5) is 17.1 Å². The lowest BCUT2D eigenvalue weighted by molar-refractivity contribution is 0.447. The molecule has 72 heavy (non-hydrogen) atoms. The van der Waals surface area contributed by atoms with Gasteiger partial charge in [0, 0.05) is 59.1 Å². The average molecular weight is 934 g/mol. The van der Waals surface area contributed by atoms with Gasteiger partial charge in [-0.3, -0.25) is 0 Å². The Labute approximate surface area is 421 Å². The van der Waals surface area contributed by atoms with Gasteiger partial charge in [0.25, 0.3) is 0 Å².